The number of hydrogen-bond acceptors (Lipinski definition) is 7. The van der Waals surface area contributed by atoms with Crippen LogP contribution >= 0.6 is 12.2 Å². The van der Waals surface area contributed by atoms with Crippen LogP contribution in [-0.4, -0.2) is 29.8 Å². The highest BCUT2D eigenvalue weighted by Crippen LogP contribution is 2.24. The molecule has 1 unspecified atom stereocenters. The van der Waals surface area contributed by atoms with Gasteiger partial charge in [0.2, 0.25) is 0 Å². The first-order chi connectivity index (χ1) is 13.6. The van der Waals surface area contributed by atoms with E-state index in [-0.39, 0.29) is 22.4 Å². The first-order valence-corrected chi connectivity index (χ1v) is 8.72. The molecule has 0 aliphatic carbocycles. The van der Waals surface area contributed by atoms with Gasteiger partial charge in [-0.1, -0.05) is 23.8 Å². The topological polar surface area (TPSA) is 84.7 Å². The maximum absolute atomic E-state index is 12.8. The molecule has 28 heavy (non-hydrogen) atoms. The Morgan fingerprint density at radius 3 is 2.54 bits per heavy atom. The molecule has 8 nitrogen and oxygen atoms in total. The van der Waals surface area contributed by atoms with Crippen LogP contribution in [0.5, 0.6) is 5.75 Å². The Morgan fingerprint density at radius 2 is 1.86 bits per heavy atom. The van der Waals surface area contributed by atoms with Crippen LogP contribution < -0.4 is 20.2 Å². The minimum Gasteiger partial charge on any atom is -0.497 e. The Bertz CT molecular complexity index is 1020. The van der Waals surface area contributed by atoms with Crippen molar-refractivity contribution < 1.29 is 24.1 Å². The summed E-state index contributed by atoms with van der Waals surface area (Å²) in [6.45, 7) is 0. The molecule has 4 rings (SSSR count). The third kappa shape index (κ3) is 3.18. The van der Waals surface area contributed by atoms with Crippen molar-refractivity contribution in [2.24, 2.45) is 4.99 Å². The van der Waals surface area contributed by atoms with Gasteiger partial charge in [-0.05, 0) is 24.3 Å². The Labute approximate surface area is 165 Å². The Balaban J connectivity index is 1.64. The number of anilines is 1. The SMILES string of the molecule is COc1ccc(N2NOC(=O)C2=CC2=NC(=S)[NH+](c3ccccc3)C2=O)cc1. The number of methoxy groups -OCH3 is 1. The minimum atomic E-state index is -0.634. The number of benzene rings is 2. The molecule has 1 fully saturated rings. The zero-order valence-corrected chi connectivity index (χ0v) is 15.5. The van der Waals surface area contributed by atoms with Crippen LogP contribution in [0.15, 0.2) is 71.4 Å². The summed E-state index contributed by atoms with van der Waals surface area (Å²) in [5.41, 5.74) is 4.04. The molecular weight excluding hydrogens is 380 g/mol. The molecule has 0 radical (unpaired) electrons. The van der Waals surface area contributed by atoms with E-state index in [4.69, 9.17) is 21.8 Å². The number of carbonyl (C=O) groups is 2. The van der Waals surface area contributed by atoms with Gasteiger partial charge in [-0.2, -0.15) is 9.89 Å². The fraction of sp³-hybridized carbons (Fsp3) is 0.0526. The third-order valence-electron chi connectivity index (χ3n) is 4.24. The number of hydrazine groups is 1. The van der Waals surface area contributed by atoms with Gasteiger partial charge in [-0.25, -0.2) is 14.6 Å². The summed E-state index contributed by atoms with van der Waals surface area (Å²) in [5.74, 6) is -0.299. The first kappa shape index (κ1) is 18.0. The molecule has 0 bridgehead atoms. The van der Waals surface area contributed by atoms with E-state index >= 15 is 0 Å². The van der Waals surface area contributed by atoms with Crippen molar-refractivity contribution in [3.8, 4) is 5.75 Å². The summed E-state index contributed by atoms with van der Waals surface area (Å²) in [5, 5.41) is 1.61. The van der Waals surface area contributed by atoms with E-state index in [9.17, 15) is 9.59 Å². The van der Waals surface area contributed by atoms with Crippen LogP contribution in [0.3, 0.4) is 0 Å². The number of quaternary nitrogens is 1. The summed E-state index contributed by atoms with van der Waals surface area (Å²) in [6, 6.07) is 16.0. The maximum atomic E-state index is 12.8. The molecule has 140 valence electrons. The van der Waals surface area contributed by atoms with E-state index in [2.05, 4.69) is 10.6 Å². The molecule has 2 N–H and O–H groups in total. The Hall–Kier alpha value is -3.40. The number of nitrogens with zero attached hydrogens (tertiary/aromatic N) is 2. The van der Waals surface area contributed by atoms with Gasteiger partial charge < -0.3 is 9.57 Å². The number of hydrogen-bond donors (Lipinski definition) is 2. The number of rotatable bonds is 4. The number of ether oxygens (including phenoxy) is 1. The highest BCUT2D eigenvalue weighted by molar-refractivity contribution is 7.80. The number of amides is 1. The molecule has 2 aromatic rings. The normalized spacial score (nSPS) is 20.5. The van der Waals surface area contributed by atoms with Crippen LogP contribution in [0, 0.1) is 0 Å². The van der Waals surface area contributed by atoms with E-state index in [1.165, 1.54) is 11.1 Å². The molecule has 0 saturated carbocycles. The average molecular weight is 395 g/mol. The third-order valence-corrected chi connectivity index (χ3v) is 4.54. The summed E-state index contributed by atoms with van der Waals surface area (Å²) in [7, 11) is 1.56. The second kappa shape index (κ2) is 7.31. The van der Waals surface area contributed by atoms with Crippen molar-refractivity contribution in [3.63, 3.8) is 0 Å². The molecule has 1 saturated heterocycles. The number of carbonyl (C=O) groups excluding carboxylic acids is 2. The van der Waals surface area contributed by atoms with Crippen molar-refractivity contribution in [2.45, 2.75) is 0 Å². The lowest BCUT2D eigenvalue weighted by Gasteiger charge is -2.15. The molecule has 2 aromatic carbocycles. The van der Waals surface area contributed by atoms with Gasteiger partial charge in [-0.15, -0.1) is 0 Å². The zero-order valence-electron chi connectivity index (χ0n) is 14.7. The number of nitrogens with one attached hydrogen (secondary N) is 2. The fourth-order valence-corrected chi connectivity index (χ4v) is 3.16. The molecule has 0 spiro atoms. The van der Waals surface area contributed by atoms with Crippen LogP contribution in [-0.2, 0) is 14.4 Å². The largest absolute Gasteiger partial charge is 0.497 e. The molecule has 2 aliphatic rings. The van der Waals surface area contributed by atoms with E-state index in [0.717, 1.165) is 0 Å². The molecular formula is C19H15N4O4S+. The minimum absolute atomic E-state index is 0.0815. The summed E-state index contributed by atoms with van der Waals surface area (Å²) in [4.78, 5) is 34.4. The standard InChI is InChI=1S/C19H14N4O4S/c1-26-14-9-7-13(8-10-14)23-16(18(25)27-21-23)11-15-17(24)22(19(28)20-15)12-5-3-2-4-6-12/h2-11,21H,1H3/p+1. The maximum Gasteiger partial charge on any atom is 0.376 e. The molecule has 1 atom stereocenters. The van der Waals surface area contributed by atoms with Crippen molar-refractivity contribution in [1.82, 2.24) is 5.59 Å². The Morgan fingerprint density at radius 1 is 1.14 bits per heavy atom. The van der Waals surface area contributed by atoms with Gasteiger partial charge in [0.05, 0.1) is 12.8 Å². The van der Waals surface area contributed by atoms with Crippen molar-refractivity contribution in [3.05, 3.63) is 66.4 Å². The van der Waals surface area contributed by atoms with Gasteiger partial charge in [0, 0.05) is 30.4 Å². The lowest BCUT2D eigenvalue weighted by molar-refractivity contribution is -0.631. The molecule has 2 heterocycles. The van der Waals surface area contributed by atoms with Crippen LogP contribution in [0.2, 0.25) is 0 Å². The Kier molecular flexibility index (Phi) is 4.70. The van der Waals surface area contributed by atoms with Crippen molar-refractivity contribution in [2.75, 3.05) is 12.1 Å². The highest BCUT2D eigenvalue weighted by atomic mass is 32.1. The zero-order chi connectivity index (χ0) is 19.7. The predicted octanol–water partition coefficient (Wildman–Crippen LogP) is 0.845. The van der Waals surface area contributed by atoms with Crippen LogP contribution in [0.25, 0.3) is 0 Å². The summed E-state index contributed by atoms with van der Waals surface area (Å²) in [6.07, 6.45) is 1.37. The summed E-state index contributed by atoms with van der Waals surface area (Å²) >= 11 is 5.26. The second-order valence-electron chi connectivity index (χ2n) is 5.92. The van der Waals surface area contributed by atoms with Crippen molar-refractivity contribution in [1.29, 1.82) is 0 Å². The second-order valence-corrected chi connectivity index (χ2v) is 6.30. The smallest absolute Gasteiger partial charge is 0.376 e. The fourth-order valence-electron chi connectivity index (χ4n) is 2.85. The predicted molar refractivity (Wildman–Crippen MR) is 105 cm³/mol. The average Bonchev–Trinajstić information content (AvgIpc) is 3.22. The van der Waals surface area contributed by atoms with Gasteiger partial charge in [0.25, 0.3) is 0 Å². The molecule has 1 amide bonds. The van der Waals surface area contributed by atoms with Gasteiger partial charge >= 0.3 is 17.0 Å². The first-order valence-electron chi connectivity index (χ1n) is 8.31. The lowest BCUT2D eigenvalue weighted by Crippen LogP contribution is -3.11. The van der Waals surface area contributed by atoms with Crippen molar-refractivity contribution >= 4 is 46.3 Å². The van der Waals surface area contributed by atoms with E-state index in [1.807, 2.05) is 18.2 Å². The monoisotopic (exact) mass is 395 g/mol. The number of thiocarbonyl (C=S) groups is 1. The number of aliphatic imine (C=N–C) groups is 1. The van der Waals surface area contributed by atoms with Crippen LogP contribution in [0.4, 0.5) is 11.4 Å². The van der Waals surface area contributed by atoms with E-state index in [1.54, 1.807) is 43.5 Å². The van der Waals surface area contributed by atoms with E-state index in [0.29, 0.717) is 22.0 Å². The molecule has 0 aromatic heterocycles. The molecule has 9 heteroatoms. The molecule has 2 aliphatic heterocycles. The quantitative estimate of drug-likeness (QED) is 0.586. The number of para-hydroxylation sites is 1. The van der Waals surface area contributed by atoms with Gasteiger partial charge in [0.15, 0.2) is 11.4 Å². The van der Waals surface area contributed by atoms with Gasteiger partial charge in [-0.3, -0.25) is 0 Å². The highest BCUT2D eigenvalue weighted by Gasteiger charge is 2.39. The van der Waals surface area contributed by atoms with Crippen LogP contribution in [0.1, 0.15) is 0 Å². The van der Waals surface area contributed by atoms with E-state index < -0.39 is 5.97 Å². The summed E-state index contributed by atoms with van der Waals surface area (Å²) < 4.78 is 5.13. The van der Waals surface area contributed by atoms with Gasteiger partial charge in [0.1, 0.15) is 11.4 Å². The lowest BCUT2D eigenvalue weighted by atomic mass is 10.2.